The summed E-state index contributed by atoms with van der Waals surface area (Å²) < 4.78 is 6.06. The molecule has 1 N–H and O–H groups in total. The molecule has 1 aliphatic heterocycles. The lowest BCUT2D eigenvalue weighted by Crippen LogP contribution is -2.62. The van der Waals surface area contributed by atoms with Crippen LogP contribution in [0.5, 0.6) is 0 Å². The number of carbonyl (C=O) groups excluding carboxylic acids is 2. The molecule has 2 aromatic heterocycles. The highest BCUT2D eigenvalue weighted by Gasteiger charge is 2.45. The first-order valence-electron chi connectivity index (χ1n) is 10.6. The molecule has 1 saturated heterocycles. The van der Waals surface area contributed by atoms with E-state index in [2.05, 4.69) is 20.3 Å². The monoisotopic (exact) mass is 431 g/mol. The molecule has 1 unspecified atom stereocenters. The van der Waals surface area contributed by atoms with Crippen LogP contribution in [0.1, 0.15) is 23.0 Å². The van der Waals surface area contributed by atoms with Crippen molar-refractivity contribution < 1.29 is 14.3 Å². The molecule has 0 aliphatic carbocycles. The van der Waals surface area contributed by atoms with Gasteiger partial charge in [0, 0.05) is 44.3 Å². The van der Waals surface area contributed by atoms with Gasteiger partial charge in [0.25, 0.3) is 11.8 Å². The first-order valence-corrected chi connectivity index (χ1v) is 10.6. The van der Waals surface area contributed by atoms with Crippen molar-refractivity contribution in [1.29, 1.82) is 0 Å². The van der Waals surface area contributed by atoms with E-state index in [1.54, 1.807) is 11.1 Å². The Kier molecular flexibility index (Phi) is 6.51. The maximum absolute atomic E-state index is 13.1. The minimum Gasteiger partial charge on any atom is -0.361 e. The molecule has 8 nitrogen and oxygen atoms in total. The van der Waals surface area contributed by atoms with Crippen LogP contribution in [0.25, 0.3) is 11.1 Å². The van der Waals surface area contributed by atoms with Crippen LogP contribution < -0.4 is 5.32 Å². The summed E-state index contributed by atoms with van der Waals surface area (Å²) in [5.41, 5.74) is 2.07. The van der Waals surface area contributed by atoms with Crippen molar-refractivity contribution in [1.82, 2.24) is 25.2 Å². The Morgan fingerprint density at radius 1 is 1.06 bits per heavy atom. The lowest BCUT2D eigenvalue weighted by Gasteiger charge is -2.41. The fraction of sp³-hybridized carbons (Fsp3) is 0.292. The number of nitrogens with one attached hydrogen (secondary N) is 1. The Balaban J connectivity index is 1.57. The smallest absolute Gasteiger partial charge is 0.274 e. The fourth-order valence-electron chi connectivity index (χ4n) is 3.85. The average Bonchev–Trinajstić information content (AvgIpc) is 2.85. The van der Waals surface area contributed by atoms with Gasteiger partial charge in [-0.2, -0.15) is 0 Å². The Hall–Kier alpha value is -3.65. The SMILES string of the molecule is CCNC(=O)C1(Cc2ccc(-c3cccnc3)cc2)CN(C(=O)c2cnccn2)CCO1. The van der Waals surface area contributed by atoms with Gasteiger partial charge < -0.3 is 15.0 Å². The van der Waals surface area contributed by atoms with E-state index in [-0.39, 0.29) is 30.7 Å². The number of benzene rings is 1. The van der Waals surface area contributed by atoms with Crippen LogP contribution in [0.15, 0.2) is 67.4 Å². The van der Waals surface area contributed by atoms with Crippen molar-refractivity contribution in [3.05, 3.63) is 78.6 Å². The van der Waals surface area contributed by atoms with Crippen LogP contribution in [-0.2, 0) is 16.0 Å². The lowest BCUT2D eigenvalue weighted by molar-refractivity contribution is -0.157. The molecule has 1 aromatic carbocycles. The van der Waals surface area contributed by atoms with Crippen LogP contribution in [-0.4, -0.2) is 63.5 Å². The van der Waals surface area contributed by atoms with Gasteiger partial charge in [0.2, 0.25) is 0 Å². The van der Waals surface area contributed by atoms with Crippen molar-refractivity contribution in [2.24, 2.45) is 0 Å². The molecule has 0 saturated carbocycles. The average molecular weight is 431 g/mol. The van der Waals surface area contributed by atoms with Crippen molar-refractivity contribution >= 4 is 11.8 Å². The Bertz CT molecular complexity index is 1060. The van der Waals surface area contributed by atoms with Gasteiger partial charge in [-0.05, 0) is 29.7 Å². The highest BCUT2D eigenvalue weighted by molar-refractivity contribution is 5.93. The molecule has 0 bridgehead atoms. The summed E-state index contributed by atoms with van der Waals surface area (Å²) in [5.74, 6) is -0.491. The summed E-state index contributed by atoms with van der Waals surface area (Å²) in [6.07, 6.45) is 8.33. The van der Waals surface area contributed by atoms with E-state index in [1.807, 2.05) is 49.5 Å². The summed E-state index contributed by atoms with van der Waals surface area (Å²) in [5, 5.41) is 2.87. The number of likely N-dealkylation sites (N-methyl/N-ethyl adjacent to an activating group) is 1. The molecule has 1 fully saturated rings. The first kappa shape index (κ1) is 21.6. The molecule has 164 valence electrons. The van der Waals surface area contributed by atoms with Gasteiger partial charge in [0.05, 0.1) is 19.3 Å². The van der Waals surface area contributed by atoms with Gasteiger partial charge in [0.1, 0.15) is 5.69 Å². The second-order valence-corrected chi connectivity index (χ2v) is 7.63. The van der Waals surface area contributed by atoms with Gasteiger partial charge in [-0.25, -0.2) is 4.98 Å². The highest BCUT2D eigenvalue weighted by atomic mass is 16.5. The van der Waals surface area contributed by atoms with E-state index in [0.29, 0.717) is 19.5 Å². The molecule has 1 aliphatic rings. The molecule has 1 atom stereocenters. The van der Waals surface area contributed by atoms with Crippen LogP contribution in [0, 0.1) is 0 Å². The second kappa shape index (κ2) is 9.65. The van der Waals surface area contributed by atoms with Gasteiger partial charge >= 0.3 is 0 Å². The van der Waals surface area contributed by atoms with Crippen LogP contribution in [0.4, 0.5) is 0 Å². The molecule has 2 amide bonds. The zero-order valence-electron chi connectivity index (χ0n) is 17.9. The number of nitrogens with zero attached hydrogens (tertiary/aromatic N) is 4. The highest BCUT2D eigenvalue weighted by Crippen LogP contribution is 2.26. The van der Waals surface area contributed by atoms with Crippen LogP contribution in [0.2, 0.25) is 0 Å². The van der Waals surface area contributed by atoms with Crippen LogP contribution >= 0.6 is 0 Å². The number of morpholine rings is 1. The molecule has 0 radical (unpaired) electrons. The van der Waals surface area contributed by atoms with E-state index in [9.17, 15) is 9.59 Å². The minimum absolute atomic E-state index is 0.137. The number of aromatic nitrogens is 3. The second-order valence-electron chi connectivity index (χ2n) is 7.63. The predicted molar refractivity (Wildman–Crippen MR) is 119 cm³/mol. The van der Waals surface area contributed by atoms with E-state index in [0.717, 1.165) is 16.7 Å². The molecule has 8 heteroatoms. The first-order chi connectivity index (χ1) is 15.6. The molecule has 4 rings (SSSR count). The van der Waals surface area contributed by atoms with E-state index in [1.165, 1.54) is 18.6 Å². The Labute approximate surface area is 186 Å². The maximum Gasteiger partial charge on any atom is 0.274 e. The van der Waals surface area contributed by atoms with Crippen molar-refractivity contribution in [3.8, 4) is 11.1 Å². The van der Waals surface area contributed by atoms with Crippen molar-refractivity contribution in [2.75, 3.05) is 26.2 Å². The largest absolute Gasteiger partial charge is 0.361 e. The zero-order valence-corrected chi connectivity index (χ0v) is 17.9. The predicted octanol–water partition coefficient (Wildman–Crippen LogP) is 2.13. The number of amides is 2. The van der Waals surface area contributed by atoms with Crippen LogP contribution in [0.3, 0.4) is 0 Å². The van der Waals surface area contributed by atoms with E-state index < -0.39 is 5.60 Å². The number of ether oxygens (including phenoxy) is 1. The van der Waals surface area contributed by atoms with E-state index >= 15 is 0 Å². The quantitative estimate of drug-likeness (QED) is 0.642. The summed E-state index contributed by atoms with van der Waals surface area (Å²) in [6.45, 7) is 3.12. The third-order valence-electron chi connectivity index (χ3n) is 5.44. The zero-order chi connectivity index (χ0) is 22.4. The molecule has 3 aromatic rings. The summed E-state index contributed by atoms with van der Waals surface area (Å²) in [4.78, 5) is 39.9. The van der Waals surface area contributed by atoms with Crippen molar-refractivity contribution in [2.45, 2.75) is 18.9 Å². The Morgan fingerprint density at radius 2 is 1.88 bits per heavy atom. The topological polar surface area (TPSA) is 97.3 Å². The lowest BCUT2D eigenvalue weighted by atomic mass is 9.90. The molecular weight excluding hydrogens is 406 g/mol. The molecule has 32 heavy (non-hydrogen) atoms. The number of rotatable bonds is 6. The summed E-state index contributed by atoms with van der Waals surface area (Å²) in [7, 11) is 0. The fourth-order valence-corrected chi connectivity index (χ4v) is 3.85. The third-order valence-corrected chi connectivity index (χ3v) is 5.44. The summed E-state index contributed by atoms with van der Waals surface area (Å²) in [6, 6.07) is 11.9. The maximum atomic E-state index is 13.1. The van der Waals surface area contributed by atoms with E-state index in [4.69, 9.17) is 4.74 Å². The minimum atomic E-state index is -1.18. The van der Waals surface area contributed by atoms with Gasteiger partial charge in [-0.1, -0.05) is 30.3 Å². The van der Waals surface area contributed by atoms with Crippen molar-refractivity contribution in [3.63, 3.8) is 0 Å². The molecular formula is C24H25N5O3. The number of hydrogen-bond donors (Lipinski definition) is 1. The standard InChI is InChI=1S/C24H25N5O3/c1-2-27-23(31)24(14-18-5-7-19(8-6-18)20-4-3-9-25-15-20)17-29(12-13-32-24)22(30)21-16-26-10-11-28-21/h3-11,15-16H,2,12-14,17H2,1H3,(H,27,31). The molecule has 3 heterocycles. The van der Waals surface area contributed by atoms with Gasteiger partial charge in [-0.15, -0.1) is 0 Å². The van der Waals surface area contributed by atoms with Gasteiger partial charge in [-0.3, -0.25) is 19.6 Å². The summed E-state index contributed by atoms with van der Waals surface area (Å²) >= 11 is 0. The van der Waals surface area contributed by atoms with Gasteiger partial charge in [0.15, 0.2) is 5.60 Å². The number of hydrogen-bond acceptors (Lipinski definition) is 6. The number of carbonyl (C=O) groups is 2. The normalized spacial score (nSPS) is 18.2. The third kappa shape index (κ3) is 4.65. The molecule has 0 spiro atoms. The Morgan fingerprint density at radius 3 is 2.56 bits per heavy atom. The number of pyridine rings is 1.